The average Bonchev–Trinajstić information content (AvgIpc) is 2.50. The van der Waals surface area contributed by atoms with Crippen LogP contribution >= 0.6 is 11.6 Å². The van der Waals surface area contributed by atoms with Gasteiger partial charge in [0.2, 0.25) is 0 Å². The standard InChI is InChI=1S/C19H18ClN/c1-12-10-18(20)13(2)9-17(12)19(21)16-8-7-14-5-3-4-6-15(14)11-16/h3-11,19H,21H2,1-2H3. The molecule has 3 aromatic carbocycles. The molecule has 2 heteroatoms. The third kappa shape index (κ3) is 2.67. The van der Waals surface area contributed by atoms with Gasteiger partial charge in [-0.15, -0.1) is 0 Å². The summed E-state index contributed by atoms with van der Waals surface area (Å²) in [4.78, 5) is 0. The summed E-state index contributed by atoms with van der Waals surface area (Å²) in [5.41, 5.74) is 10.9. The largest absolute Gasteiger partial charge is 0.320 e. The van der Waals surface area contributed by atoms with Crippen LogP contribution in [0.25, 0.3) is 10.8 Å². The molecule has 3 aromatic rings. The highest BCUT2D eigenvalue weighted by atomic mass is 35.5. The summed E-state index contributed by atoms with van der Waals surface area (Å²) in [7, 11) is 0. The average molecular weight is 296 g/mol. The van der Waals surface area contributed by atoms with Gasteiger partial charge in [-0.3, -0.25) is 0 Å². The van der Waals surface area contributed by atoms with Crippen molar-refractivity contribution in [2.75, 3.05) is 0 Å². The van der Waals surface area contributed by atoms with E-state index in [0.717, 1.165) is 27.3 Å². The monoisotopic (exact) mass is 295 g/mol. The maximum Gasteiger partial charge on any atom is 0.0554 e. The smallest absolute Gasteiger partial charge is 0.0554 e. The van der Waals surface area contributed by atoms with E-state index in [9.17, 15) is 0 Å². The molecule has 1 unspecified atom stereocenters. The fourth-order valence-corrected chi connectivity index (χ4v) is 2.94. The van der Waals surface area contributed by atoms with Gasteiger partial charge in [0.15, 0.2) is 0 Å². The van der Waals surface area contributed by atoms with E-state index in [1.54, 1.807) is 0 Å². The first-order chi connectivity index (χ1) is 10.1. The Bertz CT molecular complexity index is 808. The predicted molar refractivity (Wildman–Crippen MR) is 90.9 cm³/mol. The highest BCUT2D eigenvalue weighted by Crippen LogP contribution is 2.29. The van der Waals surface area contributed by atoms with Crippen LogP contribution in [0.1, 0.15) is 28.3 Å². The van der Waals surface area contributed by atoms with Crippen LogP contribution in [0, 0.1) is 13.8 Å². The Morgan fingerprint density at radius 3 is 2.33 bits per heavy atom. The molecule has 0 saturated heterocycles. The van der Waals surface area contributed by atoms with E-state index in [1.807, 2.05) is 13.0 Å². The molecule has 106 valence electrons. The van der Waals surface area contributed by atoms with E-state index < -0.39 is 0 Å². The molecule has 0 aliphatic rings. The normalized spacial score (nSPS) is 12.6. The summed E-state index contributed by atoms with van der Waals surface area (Å²) in [5.74, 6) is 0. The minimum Gasteiger partial charge on any atom is -0.320 e. The second kappa shape index (κ2) is 5.51. The molecule has 1 nitrogen and oxygen atoms in total. The van der Waals surface area contributed by atoms with Crippen molar-refractivity contribution in [1.29, 1.82) is 0 Å². The van der Waals surface area contributed by atoms with Crippen LogP contribution in [0.3, 0.4) is 0 Å². The van der Waals surface area contributed by atoms with Gasteiger partial charge in [-0.25, -0.2) is 0 Å². The third-order valence-electron chi connectivity index (χ3n) is 4.01. The second-order valence-corrected chi connectivity index (χ2v) is 5.95. The highest BCUT2D eigenvalue weighted by Gasteiger charge is 2.13. The fourth-order valence-electron chi connectivity index (χ4n) is 2.72. The van der Waals surface area contributed by atoms with Gasteiger partial charge in [0.05, 0.1) is 6.04 Å². The number of hydrogen-bond donors (Lipinski definition) is 1. The van der Waals surface area contributed by atoms with E-state index in [4.69, 9.17) is 17.3 Å². The van der Waals surface area contributed by atoms with Gasteiger partial charge in [0, 0.05) is 5.02 Å². The minimum absolute atomic E-state index is 0.134. The van der Waals surface area contributed by atoms with Crippen molar-refractivity contribution < 1.29 is 0 Å². The molecule has 21 heavy (non-hydrogen) atoms. The van der Waals surface area contributed by atoms with E-state index >= 15 is 0 Å². The number of fused-ring (bicyclic) bond motifs is 1. The maximum absolute atomic E-state index is 6.48. The Morgan fingerprint density at radius 1 is 0.857 bits per heavy atom. The molecule has 0 amide bonds. The molecule has 0 bridgehead atoms. The van der Waals surface area contributed by atoms with E-state index in [-0.39, 0.29) is 6.04 Å². The molecule has 1 atom stereocenters. The zero-order valence-electron chi connectivity index (χ0n) is 12.2. The summed E-state index contributed by atoms with van der Waals surface area (Å²) in [6.07, 6.45) is 0. The van der Waals surface area contributed by atoms with Crippen LogP contribution in [0.5, 0.6) is 0 Å². The van der Waals surface area contributed by atoms with Crippen molar-refractivity contribution in [2.45, 2.75) is 19.9 Å². The Balaban J connectivity index is 2.07. The fraction of sp³-hybridized carbons (Fsp3) is 0.158. The van der Waals surface area contributed by atoms with Crippen LogP contribution in [0.15, 0.2) is 54.6 Å². The molecule has 0 aliphatic carbocycles. The van der Waals surface area contributed by atoms with Crippen molar-refractivity contribution in [3.63, 3.8) is 0 Å². The number of aryl methyl sites for hydroxylation is 2. The number of nitrogens with two attached hydrogens (primary N) is 1. The van der Waals surface area contributed by atoms with Crippen molar-refractivity contribution in [2.24, 2.45) is 5.73 Å². The molecule has 2 N–H and O–H groups in total. The van der Waals surface area contributed by atoms with Gasteiger partial charge in [0.1, 0.15) is 0 Å². The molecule has 0 radical (unpaired) electrons. The number of rotatable bonds is 2. The van der Waals surface area contributed by atoms with Gasteiger partial charge in [-0.2, -0.15) is 0 Å². The number of benzene rings is 3. The first kappa shape index (κ1) is 14.1. The SMILES string of the molecule is Cc1cc(C(N)c2ccc3ccccc3c2)c(C)cc1Cl. The molecule has 0 aromatic heterocycles. The Kier molecular flexibility index (Phi) is 3.71. The summed E-state index contributed by atoms with van der Waals surface area (Å²) in [5, 5.41) is 3.24. The predicted octanol–water partition coefficient (Wildman–Crippen LogP) is 5.16. The summed E-state index contributed by atoms with van der Waals surface area (Å²) in [6, 6.07) is 18.7. The van der Waals surface area contributed by atoms with Gasteiger partial charge in [-0.05, 0) is 59.0 Å². The van der Waals surface area contributed by atoms with Crippen molar-refractivity contribution in [1.82, 2.24) is 0 Å². The first-order valence-corrected chi connectivity index (χ1v) is 7.45. The molecular weight excluding hydrogens is 278 g/mol. The summed E-state index contributed by atoms with van der Waals surface area (Å²) < 4.78 is 0. The van der Waals surface area contributed by atoms with Crippen LogP contribution < -0.4 is 5.73 Å². The quantitative estimate of drug-likeness (QED) is 0.694. The number of hydrogen-bond acceptors (Lipinski definition) is 1. The summed E-state index contributed by atoms with van der Waals surface area (Å²) in [6.45, 7) is 4.07. The summed E-state index contributed by atoms with van der Waals surface area (Å²) >= 11 is 6.17. The van der Waals surface area contributed by atoms with E-state index in [2.05, 4.69) is 55.5 Å². The molecular formula is C19H18ClN. The second-order valence-electron chi connectivity index (χ2n) is 5.54. The Hall–Kier alpha value is -1.83. The van der Waals surface area contributed by atoms with Crippen LogP contribution in [-0.2, 0) is 0 Å². The lowest BCUT2D eigenvalue weighted by atomic mass is 9.93. The lowest BCUT2D eigenvalue weighted by Crippen LogP contribution is -2.13. The van der Waals surface area contributed by atoms with Gasteiger partial charge < -0.3 is 5.73 Å². The van der Waals surface area contributed by atoms with Gasteiger partial charge in [-0.1, -0.05) is 54.1 Å². The van der Waals surface area contributed by atoms with E-state index in [1.165, 1.54) is 10.8 Å². The lowest BCUT2D eigenvalue weighted by Gasteiger charge is -2.17. The minimum atomic E-state index is -0.134. The topological polar surface area (TPSA) is 26.0 Å². The first-order valence-electron chi connectivity index (χ1n) is 7.07. The van der Waals surface area contributed by atoms with Crippen molar-refractivity contribution in [3.05, 3.63) is 81.9 Å². The Labute approximate surface area is 130 Å². The van der Waals surface area contributed by atoms with Crippen LogP contribution in [-0.4, -0.2) is 0 Å². The molecule has 0 spiro atoms. The molecule has 3 rings (SSSR count). The van der Waals surface area contributed by atoms with Crippen LogP contribution in [0.2, 0.25) is 5.02 Å². The van der Waals surface area contributed by atoms with Crippen LogP contribution in [0.4, 0.5) is 0 Å². The van der Waals surface area contributed by atoms with Crippen molar-refractivity contribution in [3.8, 4) is 0 Å². The Morgan fingerprint density at radius 2 is 1.57 bits per heavy atom. The van der Waals surface area contributed by atoms with Gasteiger partial charge >= 0.3 is 0 Å². The highest BCUT2D eigenvalue weighted by molar-refractivity contribution is 6.31. The van der Waals surface area contributed by atoms with E-state index in [0.29, 0.717) is 0 Å². The van der Waals surface area contributed by atoms with Crippen molar-refractivity contribution >= 4 is 22.4 Å². The molecule has 0 aliphatic heterocycles. The van der Waals surface area contributed by atoms with Gasteiger partial charge in [0.25, 0.3) is 0 Å². The zero-order chi connectivity index (χ0) is 15.0. The molecule has 0 heterocycles. The third-order valence-corrected chi connectivity index (χ3v) is 4.42. The maximum atomic E-state index is 6.48. The lowest BCUT2D eigenvalue weighted by molar-refractivity contribution is 0.861. The molecule has 0 fully saturated rings. The zero-order valence-corrected chi connectivity index (χ0v) is 13.0. The number of halogens is 1. The molecule has 0 saturated carbocycles.